The van der Waals surface area contributed by atoms with Gasteiger partial charge in [0.05, 0.1) is 10.8 Å². The van der Waals surface area contributed by atoms with Crippen LogP contribution in [-0.2, 0) is 44.7 Å². The molecule has 1 N–H and O–H groups in total. The molecule has 214 valence electrons. The summed E-state index contributed by atoms with van der Waals surface area (Å²) in [6.07, 6.45) is 0.339. The van der Waals surface area contributed by atoms with Gasteiger partial charge < -0.3 is 14.2 Å². The fourth-order valence-electron chi connectivity index (χ4n) is 2.98. The minimum Gasteiger partial charge on any atom is -0.457 e. The van der Waals surface area contributed by atoms with Crippen LogP contribution in [0, 0.1) is 10.8 Å². The zero-order valence-electron chi connectivity index (χ0n) is 22.9. The van der Waals surface area contributed by atoms with Crippen molar-refractivity contribution in [3.8, 4) is 11.5 Å². The standard InChI is InChI=1S/C27H35O10PS/c1-26(2,3)23(28)35-25(36-24(29)27(4,5)6)37-38(30)22(39(31,32)33)17-11-13-19-12-10-16-21(18-19)34-20-14-8-7-9-15-20/h7-10,12,14-16,18,22,25H,11,13,17H2,1-6H3/p+1/t22-/m0/s1. The Bertz CT molecular complexity index is 1220. The fourth-order valence-corrected chi connectivity index (χ4v) is 5.25. The molecule has 0 bridgehead atoms. The number of rotatable bonds is 12. The average Bonchev–Trinajstić information content (AvgIpc) is 2.80. The van der Waals surface area contributed by atoms with Crippen molar-refractivity contribution in [2.75, 3.05) is 0 Å². The van der Waals surface area contributed by atoms with Gasteiger partial charge in [0.1, 0.15) is 11.5 Å². The molecule has 2 aromatic rings. The minimum absolute atomic E-state index is 0.206. The molecule has 0 aliphatic heterocycles. The van der Waals surface area contributed by atoms with Crippen LogP contribution in [0.25, 0.3) is 0 Å². The molecule has 12 heteroatoms. The van der Waals surface area contributed by atoms with Crippen molar-refractivity contribution in [2.24, 2.45) is 10.8 Å². The van der Waals surface area contributed by atoms with Gasteiger partial charge in [-0.3, -0.25) is 14.1 Å². The molecule has 1 unspecified atom stereocenters. The Labute approximate surface area is 230 Å². The molecule has 2 atom stereocenters. The number of esters is 2. The smallest absolute Gasteiger partial charge is 0.457 e. The van der Waals surface area contributed by atoms with E-state index in [0.29, 0.717) is 17.9 Å². The van der Waals surface area contributed by atoms with Crippen molar-refractivity contribution < 1.29 is 45.9 Å². The van der Waals surface area contributed by atoms with E-state index in [1.807, 2.05) is 36.4 Å². The van der Waals surface area contributed by atoms with E-state index >= 15 is 0 Å². The van der Waals surface area contributed by atoms with Crippen LogP contribution in [0.1, 0.15) is 59.9 Å². The van der Waals surface area contributed by atoms with E-state index in [-0.39, 0.29) is 12.8 Å². The van der Waals surface area contributed by atoms with E-state index in [1.165, 1.54) is 0 Å². The number of benzene rings is 2. The summed E-state index contributed by atoms with van der Waals surface area (Å²) < 4.78 is 67.9. The van der Waals surface area contributed by atoms with Gasteiger partial charge in [0.25, 0.3) is 0 Å². The van der Waals surface area contributed by atoms with Gasteiger partial charge in [-0.25, -0.2) is 0 Å². The van der Waals surface area contributed by atoms with Crippen LogP contribution in [-0.4, -0.2) is 36.4 Å². The topological polar surface area (TPSA) is 142 Å². The third-order valence-electron chi connectivity index (χ3n) is 5.19. The second-order valence-corrected chi connectivity index (χ2v) is 14.3. The van der Waals surface area contributed by atoms with E-state index in [9.17, 15) is 27.1 Å². The fraction of sp³-hybridized carbons (Fsp3) is 0.481. The third kappa shape index (κ3) is 11.0. The molecule has 0 saturated carbocycles. The summed E-state index contributed by atoms with van der Waals surface area (Å²) in [5, 5.41) is 0. The second-order valence-electron chi connectivity index (χ2n) is 10.9. The second kappa shape index (κ2) is 13.5. The van der Waals surface area contributed by atoms with Gasteiger partial charge in [-0.2, -0.15) is 8.42 Å². The van der Waals surface area contributed by atoms with Crippen LogP contribution >= 0.6 is 8.03 Å². The summed E-state index contributed by atoms with van der Waals surface area (Å²) in [5.74, 6) is -0.426. The third-order valence-corrected chi connectivity index (χ3v) is 8.54. The molecule has 0 aliphatic carbocycles. The van der Waals surface area contributed by atoms with Crippen LogP contribution in [0.3, 0.4) is 0 Å². The Morgan fingerprint density at radius 2 is 1.41 bits per heavy atom. The quantitative estimate of drug-likeness (QED) is 0.132. The molecule has 0 spiro atoms. The maximum atomic E-state index is 12.9. The first kappa shape index (κ1) is 32.4. The van der Waals surface area contributed by atoms with E-state index in [2.05, 4.69) is 0 Å². The molecule has 0 saturated heterocycles. The Balaban J connectivity index is 2.10. The van der Waals surface area contributed by atoms with Crippen molar-refractivity contribution in [1.82, 2.24) is 0 Å². The number of aryl methyl sites for hydroxylation is 1. The Hall–Kier alpha value is -2.85. The number of ether oxygens (including phenoxy) is 3. The van der Waals surface area contributed by atoms with Crippen LogP contribution in [0.15, 0.2) is 54.6 Å². The van der Waals surface area contributed by atoms with Crippen molar-refractivity contribution in [3.05, 3.63) is 60.2 Å². The molecule has 2 rings (SSSR count). The Kier molecular flexibility index (Phi) is 11.2. The van der Waals surface area contributed by atoms with Crippen molar-refractivity contribution >= 4 is 30.1 Å². The maximum absolute atomic E-state index is 12.9. The molecule has 0 amide bonds. The maximum Gasteiger partial charge on any atom is 0.537 e. The van der Waals surface area contributed by atoms with E-state index in [4.69, 9.17) is 18.7 Å². The summed E-state index contributed by atoms with van der Waals surface area (Å²) in [6.45, 7) is 7.18. The average molecular weight is 584 g/mol. The summed E-state index contributed by atoms with van der Waals surface area (Å²) in [5.41, 5.74) is -1.23. The monoisotopic (exact) mass is 583 g/mol. The molecule has 10 nitrogen and oxygen atoms in total. The highest BCUT2D eigenvalue weighted by molar-refractivity contribution is 7.92. The molecule has 0 aliphatic rings. The lowest BCUT2D eigenvalue weighted by atomic mass is 9.97. The van der Waals surface area contributed by atoms with Crippen LogP contribution in [0.5, 0.6) is 11.5 Å². The summed E-state index contributed by atoms with van der Waals surface area (Å²) in [6, 6.07) is 16.4. The molecule has 39 heavy (non-hydrogen) atoms. The number of hydrogen-bond acceptors (Lipinski definition) is 9. The zero-order valence-corrected chi connectivity index (χ0v) is 24.7. The van der Waals surface area contributed by atoms with Gasteiger partial charge in [-0.1, -0.05) is 34.9 Å². The van der Waals surface area contributed by atoms with Gasteiger partial charge in [-0.15, -0.1) is 0 Å². The van der Waals surface area contributed by atoms with E-state index in [1.54, 1.807) is 59.7 Å². The number of carbonyl (C=O) groups excluding carboxylic acids is 2. The van der Waals surface area contributed by atoms with Gasteiger partial charge in [0.15, 0.2) is 0 Å². The van der Waals surface area contributed by atoms with Crippen LogP contribution in [0.4, 0.5) is 0 Å². The van der Waals surface area contributed by atoms with Crippen LogP contribution < -0.4 is 4.74 Å². The van der Waals surface area contributed by atoms with Gasteiger partial charge in [0, 0.05) is 6.42 Å². The van der Waals surface area contributed by atoms with Crippen LogP contribution in [0.2, 0.25) is 0 Å². The molecule has 2 aromatic carbocycles. The Morgan fingerprint density at radius 1 is 0.872 bits per heavy atom. The molecule has 0 heterocycles. The first-order valence-corrected chi connectivity index (χ1v) is 15.1. The van der Waals surface area contributed by atoms with Gasteiger partial charge in [0.2, 0.25) is 0 Å². The minimum atomic E-state index is -4.84. The molecule has 0 fully saturated rings. The number of carbonyl (C=O) groups is 2. The largest absolute Gasteiger partial charge is 0.537 e. The highest BCUT2D eigenvalue weighted by Gasteiger charge is 2.47. The lowest BCUT2D eigenvalue weighted by Gasteiger charge is -2.23. The predicted molar refractivity (Wildman–Crippen MR) is 145 cm³/mol. The zero-order chi connectivity index (χ0) is 29.4. The lowest BCUT2D eigenvalue weighted by molar-refractivity contribution is -0.243. The van der Waals surface area contributed by atoms with Crippen molar-refractivity contribution in [1.29, 1.82) is 0 Å². The molecule has 0 aromatic heterocycles. The summed E-state index contributed by atoms with van der Waals surface area (Å²) >= 11 is 0. The molecular formula is C27H36O10PS+. The summed E-state index contributed by atoms with van der Waals surface area (Å²) in [7, 11) is -8.03. The van der Waals surface area contributed by atoms with Crippen molar-refractivity contribution in [2.45, 2.75) is 72.3 Å². The first-order valence-electron chi connectivity index (χ1n) is 12.3. The van der Waals surface area contributed by atoms with Gasteiger partial charge >= 0.3 is 41.6 Å². The van der Waals surface area contributed by atoms with Gasteiger partial charge in [-0.05, 0) is 88.8 Å². The highest BCUT2D eigenvalue weighted by atomic mass is 32.2. The highest BCUT2D eigenvalue weighted by Crippen LogP contribution is 2.39. The Morgan fingerprint density at radius 3 is 1.92 bits per heavy atom. The molecule has 0 radical (unpaired) electrons. The van der Waals surface area contributed by atoms with Crippen molar-refractivity contribution in [3.63, 3.8) is 0 Å². The summed E-state index contributed by atoms with van der Waals surface area (Å²) in [4.78, 5) is 22.9. The normalized spacial score (nSPS) is 13.5. The van der Waals surface area contributed by atoms with E-state index in [0.717, 1.165) is 5.56 Å². The molecular weight excluding hydrogens is 547 g/mol. The SMILES string of the molecule is CC(C)(C)C(=O)OC(OC(=O)C(C)(C)C)O[P+](=O)[C@H](CCCc1cccc(Oc2ccccc2)c1)S(=O)(=O)O. The predicted octanol–water partition coefficient (Wildman–Crippen LogP) is 6.24. The first-order chi connectivity index (χ1) is 18.0. The number of para-hydroxylation sites is 1. The number of hydrogen-bond donors (Lipinski definition) is 1. The lowest BCUT2D eigenvalue weighted by Crippen LogP contribution is -2.35. The van der Waals surface area contributed by atoms with E-state index < -0.39 is 52.4 Å².